The van der Waals surface area contributed by atoms with Crippen molar-refractivity contribution in [3.05, 3.63) is 18.2 Å². The second-order valence-electron chi connectivity index (χ2n) is 7.31. The lowest BCUT2D eigenvalue weighted by molar-refractivity contribution is -0.128. The van der Waals surface area contributed by atoms with Crippen molar-refractivity contribution in [2.45, 2.75) is 30.6 Å². The Hall–Kier alpha value is -2.13. The van der Waals surface area contributed by atoms with Gasteiger partial charge in [-0.25, -0.2) is 8.42 Å². The van der Waals surface area contributed by atoms with E-state index in [0.29, 0.717) is 37.5 Å². The summed E-state index contributed by atoms with van der Waals surface area (Å²) in [6.45, 7) is 2.20. The molecule has 2 amide bonds. The maximum Gasteiger partial charge on any atom is 0.262 e. The number of hydrogen-bond donors (Lipinski definition) is 1. The number of fused-ring (bicyclic) bond motifs is 1. The lowest BCUT2D eigenvalue weighted by atomic mass is 9.99. The van der Waals surface area contributed by atoms with Gasteiger partial charge in [-0.1, -0.05) is 0 Å². The van der Waals surface area contributed by atoms with Crippen LogP contribution in [0.5, 0.6) is 5.75 Å². The first-order valence-corrected chi connectivity index (χ1v) is 10.7. The number of nitrogens with zero attached hydrogens (tertiary/aromatic N) is 2. The van der Waals surface area contributed by atoms with E-state index >= 15 is 0 Å². The van der Waals surface area contributed by atoms with Crippen LogP contribution < -0.4 is 10.1 Å². The lowest BCUT2D eigenvalue weighted by Crippen LogP contribution is -2.44. The molecular formula is C18H23N3O5S. The fourth-order valence-electron chi connectivity index (χ4n) is 3.97. The Morgan fingerprint density at radius 1 is 1.19 bits per heavy atom. The molecule has 2 saturated heterocycles. The van der Waals surface area contributed by atoms with Crippen LogP contribution in [0.3, 0.4) is 0 Å². The molecule has 1 aromatic carbocycles. The number of likely N-dealkylation sites (tertiary alicyclic amines) is 1. The van der Waals surface area contributed by atoms with E-state index in [1.54, 1.807) is 6.07 Å². The monoisotopic (exact) mass is 393 g/mol. The molecule has 3 aliphatic heterocycles. The quantitative estimate of drug-likeness (QED) is 0.825. The van der Waals surface area contributed by atoms with Gasteiger partial charge in [0.05, 0.1) is 10.6 Å². The number of rotatable bonds is 4. The van der Waals surface area contributed by atoms with E-state index in [-0.39, 0.29) is 29.2 Å². The summed E-state index contributed by atoms with van der Waals surface area (Å²) in [7, 11) is -3.67. The van der Waals surface area contributed by atoms with Gasteiger partial charge in [0.15, 0.2) is 6.61 Å². The van der Waals surface area contributed by atoms with Gasteiger partial charge in [-0.15, -0.1) is 0 Å². The molecule has 0 unspecified atom stereocenters. The molecule has 8 nitrogen and oxygen atoms in total. The third kappa shape index (κ3) is 3.66. The highest BCUT2D eigenvalue weighted by Gasteiger charge is 2.33. The van der Waals surface area contributed by atoms with E-state index in [1.807, 2.05) is 4.90 Å². The highest BCUT2D eigenvalue weighted by molar-refractivity contribution is 7.89. The predicted octanol–water partition coefficient (Wildman–Crippen LogP) is 1.04. The molecule has 9 heteroatoms. The third-order valence-electron chi connectivity index (χ3n) is 5.35. The van der Waals surface area contributed by atoms with Gasteiger partial charge in [-0.2, -0.15) is 4.31 Å². The van der Waals surface area contributed by atoms with Crippen molar-refractivity contribution in [2.24, 2.45) is 5.92 Å². The zero-order chi connectivity index (χ0) is 19.0. The average molecular weight is 393 g/mol. The van der Waals surface area contributed by atoms with E-state index < -0.39 is 10.0 Å². The predicted molar refractivity (Wildman–Crippen MR) is 97.9 cm³/mol. The summed E-state index contributed by atoms with van der Waals surface area (Å²) >= 11 is 0. The summed E-state index contributed by atoms with van der Waals surface area (Å²) in [4.78, 5) is 25.4. The zero-order valence-corrected chi connectivity index (χ0v) is 15.8. The minimum atomic E-state index is -3.67. The van der Waals surface area contributed by atoms with Gasteiger partial charge in [-0.3, -0.25) is 9.59 Å². The number of carbonyl (C=O) groups is 2. The molecule has 0 aromatic heterocycles. The lowest BCUT2D eigenvalue weighted by Gasteiger charge is -2.34. The molecule has 0 radical (unpaired) electrons. The van der Waals surface area contributed by atoms with E-state index in [4.69, 9.17) is 4.74 Å². The summed E-state index contributed by atoms with van der Waals surface area (Å²) in [5.74, 6) is 0.486. The summed E-state index contributed by atoms with van der Waals surface area (Å²) in [5, 5.41) is 2.65. The fourth-order valence-corrected chi connectivity index (χ4v) is 5.56. The van der Waals surface area contributed by atoms with E-state index in [1.165, 1.54) is 16.4 Å². The largest absolute Gasteiger partial charge is 0.482 e. The number of amides is 2. The Balaban J connectivity index is 1.50. The molecule has 4 rings (SSSR count). The first kappa shape index (κ1) is 18.2. The van der Waals surface area contributed by atoms with Gasteiger partial charge in [0.1, 0.15) is 5.75 Å². The number of hydrogen-bond acceptors (Lipinski definition) is 5. The zero-order valence-electron chi connectivity index (χ0n) is 15.0. The first-order chi connectivity index (χ1) is 12.9. The van der Waals surface area contributed by atoms with Crippen LogP contribution in [0.15, 0.2) is 23.1 Å². The smallest absolute Gasteiger partial charge is 0.262 e. The van der Waals surface area contributed by atoms with Crippen LogP contribution in [-0.4, -0.2) is 62.2 Å². The van der Waals surface area contributed by atoms with Crippen molar-refractivity contribution >= 4 is 27.5 Å². The van der Waals surface area contributed by atoms with Crippen LogP contribution in [-0.2, 0) is 19.6 Å². The van der Waals surface area contributed by atoms with E-state index in [2.05, 4.69) is 5.32 Å². The van der Waals surface area contributed by atoms with Crippen molar-refractivity contribution in [3.8, 4) is 5.75 Å². The SMILES string of the molecule is O=C1COc2ccc(S(=O)(=O)N3CCC[C@@H](CN4CCCC4=O)C3)cc2N1. The number of sulfonamides is 1. The standard InChI is InChI=1S/C18H23N3O5S/c22-17-12-26-16-6-5-14(9-15(16)19-17)27(24,25)21-8-1-3-13(11-21)10-20-7-2-4-18(20)23/h5-6,9,13H,1-4,7-8,10-12H2,(H,19,22)/t13-/m0/s1. The van der Waals surface area contributed by atoms with Gasteiger partial charge < -0.3 is 15.0 Å². The molecule has 2 fully saturated rings. The van der Waals surface area contributed by atoms with Crippen molar-refractivity contribution < 1.29 is 22.7 Å². The van der Waals surface area contributed by atoms with Gasteiger partial charge in [0.2, 0.25) is 15.9 Å². The molecule has 0 bridgehead atoms. The highest BCUT2D eigenvalue weighted by Crippen LogP contribution is 2.32. The summed E-state index contributed by atoms with van der Waals surface area (Å²) in [5.41, 5.74) is 0.378. The Morgan fingerprint density at radius 2 is 2.04 bits per heavy atom. The molecule has 1 atom stereocenters. The molecular weight excluding hydrogens is 370 g/mol. The van der Waals surface area contributed by atoms with E-state index in [0.717, 1.165) is 25.8 Å². The molecule has 1 aromatic rings. The molecule has 0 saturated carbocycles. The second kappa shape index (κ2) is 7.12. The minimum absolute atomic E-state index is 0.0673. The topological polar surface area (TPSA) is 96.0 Å². The van der Waals surface area contributed by atoms with Gasteiger partial charge in [0, 0.05) is 32.6 Å². The van der Waals surface area contributed by atoms with Crippen molar-refractivity contribution in [3.63, 3.8) is 0 Å². The highest BCUT2D eigenvalue weighted by atomic mass is 32.2. The van der Waals surface area contributed by atoms with Crippen LogP contribution >= 0.6 is 0 Å². The van der Waals surface area contributed by atoms with Crippen LogP contribution in [0, 0.1) is 5.92 Å². The minimum Gasteiger partial charge on any atom is -0.482 e. The Bertz CT molecular complexity index is 870. The number of anilines is 1. The Kier molecular flexibility index (Phi) is 4.81. The summed E-state index contributed by atoms with van der Waals surface area (Å²) in [6, 6.07) is 4.54. The van der Waals surface area contributed by atoms with Gasteiger partial charge in [0.25, 0.3) is 5.91 Å². The molecule has 146 valence electrons. The first-order valence-electron chi connectivity index (χ1n) is 9.28. The Labute approximate surface area is 158 Å². The average Bonchev–Trinajstić information content (AvgIpc) is 3.06. The molecule has 1 N–H and O–H groups in total. The number of ether oxygens (including phenoxy) is 1. The molecule has 0 spiro atoms. The normalized spacial score (nSPS) is 23.7. The number of benzene rings is 1. The number of carbonyl (C=O) groups excluding carboxylic acids is 2. The van der Waals surface area contributed by atoms with E-state index in [9.17, 15) is 18.0 Å². The second-order valence-corrected chi connectivity index (χ2v) is 9.25. The Morgan fingerprint density at radius 3 is 2.81 bits per heavy atom. The molecule has 27 heavy (non-hydrogen) atoms. The van der Waals surface area contributed by atoms with Crippen LogP contribution in [0.1, 0.15) is 25.7 Å². The fraction of sp³-hybridized carbons (Fsp3) is 0.556. The maximum atomic E-state index is 13.1. The van der Waals surface area contributed by atoms with Gasteiger partial charge >= 0.3 is 0 Å². The van der Waals surface area contributed by atoms with Crippen molar-refractivity contribution in [2.75, 3.05) is 38.1 Å². The van der Waals surface area contributed by atoms with Crippen molar-refractivity contribution in [1.82, 2.24) is 9.21 Å². The summed E-state index contributed by atoms with van der Waals surface area (Å²) in [6.07, 6.45) is 3.18. The molecule has 3 aliphatic rings. The van der Waals surface area contributed by atoms with Crippen LogP contribution in [0.2, 0.25) is 0 Å². The number of piperidine rings is 1. The van der Waals surface area contributed by atoms with Crippen LogP contribution in [0.25, 0.3) is 0 Å². The van der Waals surface area contributed by atoms with Crippen molar-refractivity contribution in [1.29, 1.82) is 0 Å². The maximum absolute atomic E-state index is 13.1. The summed E-state index contributed by atoms with van der Waals surface area (Å²) < 4.78 is 33.0. The van der Waals surface area contributed by atoms with Crippen LogP contribution in [0.4, 0.5) is 5.69 Å². The third-order valence-corrected chi connectivity index (χ3v) is 7.21. The molecule has 0 aliphatic carbocycles. The number of nitrogens with one attached hydrogen (secondary N) is 1. The molecule has 3 heterocycles. The van der Waals surface area contributed by atoms with Gasteiger partial charge in [-0.05, 0) is 43.4 Å².